The van der Waals surface area contributed by atoms with Crippen LogP contribution in [-0.2, 0) is 0 Å². The predicted octanol–water partition coefficient (Wildman–Crippen LogP) is 2.41. The molecule has 0 aliphatic carbocycles. The number of rotatable bonds is 3. The molecule has 1 saturated heterocycles. The minimum Gasteiger partial charge on any atom is -0.327 e. The van der Waals surface area contributed by atoms with Gasteiger partial charge in [0.25, 0.3) is 0 Å². The highest BCUT2D eigenvalue weighted by Crippen LogP contribution is 2.30. The summed E-state index contributed by atoms with van der Waals surface area (Å²) >= 11 is 1.74. The Kier molecular flexibility index (Phi) is 3.95. The van der Waals surface area contributed by atoms with Gasteiger partial charge in [-0.2, -0.15) is 0 Å². The third-order valence-electron chi connectivity index (χ3n) is 3.56. The molecule has 1 aliphatic heterocycles. The van der Waals surface area contributed by atoms with Gasteiger partial charge in [-0.15, -0.1) is 11.3 Å². The average Bonchev–Trinajstić information content (AvgIpc) is 2.81. The molecule has 2 rings (SSSR count). The maximum atomic E-state index is 6.09. The third kappa shape index (κ3) is 2.44. The zero-order valence-corrected chi connectivity index (χ0v) is 10.9. The summed E-state index contributed by atoms with van der Waals surface area (Å²) in [6.45, 7) is 5.57. The summed E-state index contributed by atoms with van der Waals surface area (Å²) in [4.78, 5) is 8.08. The van der Waals surface area contributed by atoms with E-state index in [2.05, 4.69) is 23.7 Å². The zero-order chi connectivity index (χ0) is 11.5. The Labute approximate surface area is 102 Å². The van der Waals surface area contributed by atoms with E-state index in [4.69, 9.17) is 5.73 Å². The minimum absolute atomic E-state index is 0.260. The SMILES string of the molecule is CC(N)C1CCCCN1C(C)c1cncs1. The lowest BCUT2D eigenvalue weighted by molar-refractivity contribution is 0.0905. The predicted molar refractivity (Wildman–Crippen MR) is 68.5 cm³/mol. The maximum absolute atomic E-state index is 6.09. The Hall–Kier alpha value is -0.450. The number of hydrogen-bond donors (Lipinski definition) is 1. The summed E-state index contributed by atoms with van der Waals surface area (Å²) in [7, 11) is 0. The molecule has 3 unspecified atom stereocenters. The molecule has 0 spiro atoms. The molecule has 0 aromatic carbocycles. The molecule has 0 amide bonds. The van der Waals surface area contributed by atoms with Crippen molar-refractivity contribution in [3.63, 3.8) is 0 Å². The van der Waals surface area contributed by atoms with E-state index in [0.717, 1.165) is 0 Å². The van der Waals surface area contributed by atoms with E-state index in [0.29, 0.717) is 12.1 Å². The molecule has 4 heteroatoms. The molecule has 2 N–H and O–H groups in total. The van der Waals surface area contributed by atoms with Gasteiger partial charge in [0, 0.05) is 29.2 Å². The normalized spacial score (nSPS) is 26.6. The molecule has 16 heavy (non-hydrogen) atoms. The largest absolute Gasteiger partial charge is 0.327 e. The first-order valence-electron chi connectivity index (χ1n) is 6.10. The fraction of sp³-hybridized carbons (Fsp3) is 0.750. The van der Waals surface area contributed by atoms with Gasteiger partial charge in [0.2, 0.25) is 0 Å². The first-order chi connectivity index (χ1) is 7.70. The molecule has 90 valence electrons. The lowest BCUT2D eigenvalue weighted by atomic mass is 9.95. The van der Waals surface area contributed by atoms with Crippen molar-refractivity contribution in [3.8, 4) is 0 Å². The molecule has 1 aromatic heterocycles. The van der Waals surface area contributed by atoms with Crippen LogP contribution in [0.2, 0.25) is 0 Å². The number of hydrogen-bond acceptors (Lipinski definition) is 4. The van der Waals surface area contributed by atoms with Crippen LogP contribution in [0.4, 0.5) is 0 Å². The van der Waals surface area contributed by atoms with Gasteiger partial charge >= 0.3 is 0 Å². The van der Waals surface area contributed by atoms with E-state index in [-0.39, 0.29) is 6.04 Å². The first-order valence-corrected chi connectivity index (χ1v) is 6.98. The summed E-state index contributed by atoms with van der Waals surface area (Å²) < 4.78 is 0. The van der Waals surface area contributed by atoms with Crippen LogP contribution in [0.3, 0.4) is 0 Å². The van der Waals surface area contributed by atoms with Gasteiger partial charge in [-0.25, -0.2) is 0 Å². The Balaban J connectivity index is 2.11. The van der Waals surface area contributed by atoms with Crippen LogP contribution in [0.25, 0.3) is 0 Å². The van der Waals surface area contributed by atoms with Crippen molar-refractivity contribution in [2.45, 2.75) is 51.2 Å². The monoisotopic (exact) mass is 239 g/mol. The molecule has 2 heterocycles. The lowest BCUT2D eigenvalue weighted by Gasteiger charge is -2.41. The Bertz CT molecular complexity index is 310. The molecule has 3 nitrogen and oxygen atoms in total. The summed E-state index contributed by atoms with van der Waals surface area (Å²) in [5.74, 6) is 0. The van der Waals surface area contributed by atoms with Crippen LogP contribution in [0, 0.1) is 0 Å². The van der Waals surface area contributed by atoms with Crippen molar-refractivity contribution in [2.24, 2.45) is 5.73 Å². The van der Waals surface area contributed by atoms with E-state index in [1.54, 1.807) is 11.3 Å². The zero-order valence-electron chi connectivity index (χ0n) is 10.1. The van der Waals surface area contributed by atoms with Gasteiger partial charge in [-0.05, 0) is 33.2 Å². The number of nitrogens with zero attached hydrogens (tertiary/aromatic N) is 2. The quantitative estimate of drug-likeness (QED) is 0.880. The molecular formula is C12H21N3S. The number of nitrogens with two attached hydrogens (primary N) is 1. The van der Waals surface area contributed by atoms with Crippen molar-refractivity contribution in [2.75, 3.05) is 6.54 Å². The summed E-state index contributed by atoms with van der Waals surface area (Å²) in [5.41, 5.74) is 8.01. The van der Waals surface area contributed by atoms with Crippen LogP contribution < -0.4 is 5.73 Å². The van der Waals surface area contributed by atoms with E-state index in [1.807, 2.05) is 11.7 Å². The second kappa shape index (κ2) is 5.25. The maximum Gasteiger partial charge on any atom is 0.0794 e. The Morgan fingerprint density at radius 3 is 2.94 bits per heavy atom. The Morgan fingerprint density at radius 2 is 2.31 bits per heavy atom. The van der Waals surface area contributed by atoms with Crippen molar-refractivity contribution in [3.05, 3.63) is 16.6 Å². The lowest BCUT2D eigenvalue weighted by Crippen LogP contribution is -2.49. The van der Waals surface area contributed by atoms with Crippen LogP contribution in [0.15, 0.2) is 11.7 Å². The van der Waals surface area contributed by atoms with Crippen LogP contribution >= 0.6 is 11.3 Å². The van der Waals surface area contributed by atoms with Gasteiger partial charge < -0.3 is 5.73 Å². The van der Waals surface area contributed by atoms with Crippen LogP contribution in [0.1, 0.15) is 44.0 Å². The average molecular weight is 239 g/mol. The number of aromatic nitrogens is 1. The molecular weight excluding hydrogens is 218 g/mol. The topological polar surface area (TPSA) is 42.1 Å². The van der Waals surface area contributed by atoms with Gasteiger partial charge in [0.15, 0.2) is 0 Å². The molecule has 1 aromatic rings. The standard InChI is InChI=1S/C12H21N3S/c1-9(13)11-5-3-4-6-15(11)10(2)12-7-14-8-16-12/h7-11H,3-6,13H2,1-2H3. The molecule has 1 fully saturated rings. The van der Waals surface area contributed by atoms with Crippen molar-refractivity contribution < 1.29 is 0 Å². The van der Waals surface area contributed by atoms with Crippen molar-refractivity contribution in [1.29, 1.82) is 0 Å². The van der Waals surface area contributed by atoms with Gasteiger partial charge in [-0.1, -0.05) is 6.42 Å². The Morgan fingerprint density at radius 1 is 1.50 bits per heavy atom. The van der Waals surface area contributed by atoms with Crippen molar-refractivity contribution >= 4 is 11.3 Å². The van der Waals surface area contributed by atoms with Gasteiger partial charge in [-0.3, -0.25) is 9.88 Å². The fourth-order valence-electron chi connectivity index (χ4n) is 2.62. The molecule has 0 saturated carbocycles. The van der Waals surface area contributed by atoms with Crippen LogP contribution in [-0.4, -0.2) is 28.5 Å². The number of piperidine rings is 1. The van der Waals surface area contributed by atoms with Gasteiger partial charge in [0.05, 0.1) is 5.51 Å². The van der Waals surface area contributed by atoms with E-state index in [1.165, 1.54) is 30.7 Å². The van der Waals surface area contributed by atoms with Crippen LogP contribution in [0.5, 0.6) is 0 Å². The third-order valence-corrected chi connectivity index (χ3v) is 4.51. The smallest absolute Gasteiger partial charge is 0.0794 e. The summed E-state index contributed by atoms with van der Waals surface area (Å²) in [6, 6.07) is 1.25. The second-order valence-corrected chi connectivity index (χ2v) is 5.66. The van der Waals surface area contributed by atoms with E-state index < -0.39 is 0 Å². The molecule has 0 bridgehead atoms. The number of likely N-dealkylation sites (tertiary alicyclic amines) is 1. The highest BCUT2D eigenvalue weighted by molar-refractivity contribution is 7.09. The highest BCUT2D eigenvalue weighted by atomic mass is 32.1. The molecule has 3 atom stereocenters. The molecule has 1 aliphatic rings. The first kappa shape index (κ1) is 12.0. The highest BCUT2D eigenvalue weighted by Gasteiger charge is 2.29. The number of thiazole rings is 1. The van der Waals surface area contributed by atoms with E-state index >= 15 is 0 Å². The second-order valence-electron chi connectivity index (χ2n) is 4.74. The summed E-state index contributed by atoms with van der Waals surface area (Å²) in [5, 5.41) is 0. The molecule has 0 radical (unpaired) electrons. The van der Waals surface area contributed by atoms with E-state index in [9.17, 15) is 0 Å². The summed E-state index contributed by atoms with van der Waals surface area (Å²) in [6.07, 6.45) is 5.84. The van der Waals surface area contributed by atoms with Crippen molar-refractivity contribution in [1.82, 2.24) is 9.88 Å². The minimum atomic E-state index is 0.260. The fourth-order valence-corrected chi connectivity index (χ4v) is 3.32. The van der Waals surface area contributed by atoms with Gasteiger partial charge in [0.1, 0.15) is 0 Å².